The summed E-state index contributed by atoms with van der Waals surface area (Å²) in [5.41, 5.74) is 1.02. The quantitative estimate of drug-likeness (QED) is 0.537. The van der Waals surface area contributed by atoms with Gasteiger partial charge in [-0.05, 0) is 55.7 Å². The highest BCUT2D eigenvalue weighted by molar-refractivity contribution is 7.93. The Kier molecular flexibility index (Phi) is 8.48. The number of rotatable bonds is 8. The number of hydrogen-bond acceptors (Lipinski definition) is 5. The Bertz CT molecular complexity index is 1080. The number of carbonyl (C=O) groups excluding carboxylic acids is 1. The molecular formula is C24H31ClN2O5S. The lowest BCUT2D eigenvalue weighted by Gasteiger charge is -2.26. The molecule has 7 nitrogen and oxygen atoms in total. The third kappa shape index (κ3) is 6.12. The van der Waals surface area contributed by atoms with E-state index in [1.807, 2.05) is 0 Å². The van der Waals surface area contributed by atoms with Gasteiger partial charge in [-0.2, -0.15) is 0 Å². The van der Waals surface area contributed by atoms with Gasteiger partial charge in [0.25, 0.3) is 10.0 Å². The van der Waals surface area contributed by atoms with Crippen LogP contribution in [0.5, 0.6) is 11.5 Å². The normalized spacial score (nSPS) is 14.9. The lowest BCUT2D eigenvalue weighted by Crippen LogP contribution is -2.44. The predicted octanol–water partition coefficient (Wildman–Crippen LogP) is 4.70. The van der Waals surface area contributed by atoms with Crippen LogP contribution in [0.15, 0.2) is 41.3 Å². The summed E-state index contributed by atoms with van der Waals surface area (Å²) < 4.78 is 39.2. The van der Waals surface area contributed by atoms with Gasteiger partial charge >= 0.3 is 0 Å². The zero-order valence-electron chi connectivity index (χ0n) is 19.3. The second-order valence-electron chi connectivity index (χ2n) is 8.24. The van der Waals surface area contributed by atoms with Crippen molar-refractivity contribution in [1.82, 2.24) is 5.32 Å². The third-order valence-electron chi connectivity index (χ3n) is 5.82. The molecule has 1 aliphatic carbocycles. The smallest absolute Gasteiger partial charge is 0.268 e. The van der Waals surface area contributed by atoms with Crippen LogP contribution in [0.3, 0.4) is 0 Å². The lowest BCUT2D eigenvalue weighted by molar-refractivity contribution is -0.120. The first-order valence-corrected chi connectivity index (χ1v) is 12.9. The van der Waals surface area contributed by atoms with E-state index >= 15 is 0 Å². The molecule has 2 aromatic rings. The summed E-state index contributed by atoms with van der Waals surface area (Å²) in [6.45, 7) is 1.42. The molecule has 0 radical (unpaired) electrons. The van der Waals surface area contributed by atoms with E-state index in [-0.39, 0.29) is 39.8 Å². The van der Waals surface area contributed by atoms with E-state index in [2.05, 4.69) is 5.32 Å². The summed E-state index contributed by atoms with van der Waals surface area (Å²) >= 11 is 6.29. The first kappa shape index (κ1) is 25.2. The molecule has 0 aliphatic heterocycles. The maximum atomic E-state index is 13.8. The number of ether oxygens (including phenoxy) is 2. The van der Waals surface area contributed by atoms with Gasteiger partial charge in [0.05, 0.1) is 24.9 Å². The highest BCUT2D eigenvalue weighted by Gasteiger charge is 2.31. The summed E-state index contributed by atoms with van der Waals surface area (Å²) in [7, 11) is -1.26. The molecule has 180 valence electrons. The largest absolute Gasteiger partial charge is 0.495 e. The zero-order valence-corrected chi connectivity index (χ0v) is 20.8. The minimum absolute atomic E-state index is 0.0146. The molecule has 1 amide bonds. The molecule has 1 N–H and O–H groups in total. The van der Waals surface area contributed by atoms with Gasteiger partial charge in [0, 0.05) is 6.04 Å². The standard InChI is InChI=1S/C24H31ClN2O5S/c1-17-10-12-22(32-3)23(14-17)33(29,30)27(19-11-13-21(31-2)20(25)15-19)16-24(28)26-18-8-6-4-5-7-9-18/h10-15,18H,4-9,16H2,1-3H3,(H,26,28). The highest BCUT2D eigenvalue weighted by Crippen LogP contribution is 2.34. The highest BCUT2D eigenvalue weighted by atomic mass is 35.5. The average molecular weight is 495 g/mol. The fraction of sp³-hybridized carbons (Fsp3) is 0.458. The lowest BCUT2D eigenvalue weighted by atomic mass is 10.1. The van der Waals surface area contributed by atoms with Crippen molar-refractivity contribution in [2.75, 3.05) is 25.1 Å². The molecule has 0 atom stereocenters. The van der Waals surface area contributed by atoms with Gasteiger partial charge in [0.15, 0.2) is 0 Å². The number of halogens is 1. The van der Waals surface area contributed by atoms with Crippen molar-refractivity contribution < 1.29 is 22.7 Å². The van der Waals surface area contributed by atoms with Crippen LogP contribution in [0.25, 0.3) is 0 Å². The Morgan fingerprint density at radius 1 is 1.03 bits per heavy atom. The predicted molar refractivity (Wildman–Crippen MR) is 130 cm³/mol. The minimum atomic E-state index is -4.15. The van der Waals surface area contributed by atoms with Gasteiger partial charge < -0.3 is 14.8 Å². The van der Waals surface area contributed by atoms with Gasteiger partial charge in [-0.3, -0.25) is 9.10 Å². The molecule has 33 heavy (non-hydrogen) atoms. The Hall–Kier alpha value is -2.45. The van der Waals surface area contributed by atoms with Crippen LogP contribution in [0.2, 0.25) is 5.02 Å². The number of amides is 1. The maximum Gasteiger partial charge on any atom is 0.268 e. The van der Waals surface area contributed by atoms with E-state index < -0.39 is 10.0 Å². The van der Waals surface area contributed by atoms with Crippen LogP contribution in [-0.2, 0) is 14.8 Å². The summed E-state index contributed by atoms with van der Waals surface area (Å²) in [5, 5.41) is 3.27. The molecule has 0 bridgehead atoms. The van der Waals surface area contributed by atoms with Gasteiger partial charge in [-0.25, -0.2) is 8.42 Å². The minimum Gasteiger partial charge on any atom is -0.495 e. The second-order valence-corrected chi connectivity index (χ2v) is 10.5. The number of nitrogens with zero attached hydrogens (tertiary/aromatic N) is 1. The van der Waals surface area contributed by atoms with E-state index in [1.54, 1.807) is 31.2 Å². The van der Waals surface area contributed by atoms with Gasteiger partial charge in [-0.1, -0.05) is 43.4 Å². The van der Waals surface area contributed by atoms with Crippen molar-refractivity contribution in [1.29, 1.82) is 0 Å². The summed E-state index contributed by atoms with van der Waals surface area (Å²) in [4.78, 5) is 13.0. The number of nitrogens with one attached hydrogen (secondary N) is 1. The Morgan fingerprint density at radius 3 is 2.27 bits per heavy atom. The molecule has 1 fully saturated rings. The van der Waals surface area contributed by atoms with Crippen LogP contribution in [0.1, 0.15) is 44.1 Å². The SMILES string of the molecule is COc1ccc(N(CC(=O)NC2CCCCCC2)S(=O)(=O)c2cc(C)ccc2OC)cc1Cl. The Labute approximate surface area is 201 Å². The van der Waals surface area contributed by atoms with Crippen molar-refractivity contribution in [2.45, 2.75) is 56.4 Å². The van der Waals surface area contributed by atoms with Crippen LogP contribution >= 0.6 is 11.6 Å². The van der Waals surface area contributed by atoms with Crippen molar-refractivity contribution in [3.05, 3.63) is 47.0 Å². The molecular weight excluding hydrogens is 464 g/mol. The molecule has 0 saturated heterocycles. The fourth-order valence-corrected chi connectivity index (χ4v) is 5.97. The molecule has 0 aromatic heterocycles. The molecule has 3 rings (SSSR count). The van der Waals surface area contributed by atoms with Gasteiger partial charge in [-0.15, -0.1) is 0 Å². The summed E-state index contributed by atoms with van der Waals surface area (Å²) in [6.07, 6.45) is 6.23. The molecule has 0 unspecified atom stereocenters. The maximum absolute atomic E-state index is 13.8. The molecule has 0 spiro atoms. The van der Waals surface area contributed by atoms with Crippen molar-refractivity contribution in [2.24, 2.45) is 0 Å². The second kappa shape index (κ2) is 11.1. The average Bonchev–Trinajstić information content (AvgIpc) is 3.06. The number of methoxy groups -OCH3 is 2. The van der Waals surface area contributed by atoms with Crippen LogP contribution in [-0.4, -0.2) is 41.1 Å². The number of carbonyl (C=O) groups is 1. The van der Waals surface area contributed by atoms with Crippen LogP contribution in [0.4, 0.5) is 5.69 Å². The van der Waals surface area contributed by atoms with Crippen molar-refractivity contribution in [3.63, 3.8) is 0 Å². The first-order chi connectivity index (χ1) is 15.8. The molecule has 9 heteroatoms. The van der Waals surface area contributed by atoms with E-state index in [1.165, 1.54) is 26.4 Å². The summed E-state index contributed by atoms with van der Waals surface area (Å²) in [6, 6.07) is 9.60. The number of aryl methyl sites for hydroxylation is 1. The third-order valence-corrected chi connectivity index (χ3v) is 7.91. The Morgan fingerprint density at radius 2 is 1.67 bits per heavy atom. The Balaban J connectivity index is 1.99. The number of hydrogen-bond donors (Lipinski definition) is 1. The van der Waals surface area contributed by atoms with E-state index in [4.69, 9.17) is 21.1 Å². The monoisotopic (exact) mass is 494 g/mol. The topological polar surface area (TPSA) is 84.9 Å². The van der Waals surface area contributed by atoms with E-state index in [0.29, 0.717) is 5.75 Å². The summed E-state index contributed by atoms with van der Waals surface area (Å²) in [5.74, 6) is 0.257. The van der Waals surface area contributed by atoms with E-state index in [0.717, 1.165) is 48.4 Å². The van der Waals surface area contributed by atoms with Crippen LogP contribution < -0.4 is 19.1 Å². The fourth-order valence-electron chi connectivity index (χ4n) is 4.06. The molecule has 2 aromatic carbocycles. The van der Waals surface area contributed by atoms with Gasteiger partial charge in [0.1, 0.15) is 22.9 Å². The number of anilines is 1. The first-order valence-electron chi connectivity index (χ1n) is 11.1. The van der Waals surface area contributed by atoms with Gasteiger partial charge in [0.2, 0.25) is 5.91 Å². The van der Waals surface area contributed by atoms with Crippen molar-refractivity contribution >= 4 is 33.2 Å². The number of sulfonamides is 1. The molecule has 1 aliphatic rings. The number of benzene rings is 2. The van der Waals surface area contributed by atoms with Crippen LogP contribution in [0, 0.1) is 6.92 Å². The van der Waals surface area contributed by atoms with E-state index in [9.17, 15) is 13.2 Å². The molecule has 1 saturated carbocycles. The molecule has 0 heterocycles. The zero-order chi connectivity index (χ0) is 24.0. The van der Waals surface area contributed by atoms with Crippen molar-refractivity contribution in [3.8, 4) is 11.5 Å².